The number of benzene rings is 1. The van der Waals surface area contributed by atoms with E-state index in [-0.39, 0.29) is 6.10 Å². The standard InChI is InChI=1S/C15H25NO2/c1-5-15(4,17)11-16-10-13-8-6-7-9-14(13)18-12(2)3/h6-9,12,16-17H,5,10-11H2,1-4H3. The van der Waals surface area contributed by atoms with Crippen molar-refractivity contribution >= 4 is 0 Å². The summed E-state index contributed by atoms with van der Waals surface area (Å²) in [5, 5.41) is 13.2. The van der Waals surface area contributed by atoms with Crippen LogP contribution in [0.25, 0.3) is 0 Å². The molecule has 0 heterocycles. The molecule has 0 amide bonds. The Hall–Kier alpha value is -1.06. The monoisotopic (exact) mass is 251 g/mol. The molecule has 0 spiro atoms. The summed E-state index contributed by atoms with van der Waals surface area (Å²) in [7, 11) is 0. The summed E-state index contributed by atoms with van der Waals surface area (Å²) in [6, 6.07) is 8.01. The van der Waals surface area contributed by atoms with Crippen LogP contribution in [0.2, 0.25) is 0 Å². The lowest BCUT2D eigenvalue weighted by Crippen LogP contribution is -2.36. The van der Waals surface area contributed by atoms with Crippen molar-refractivity contribution in [3.8, 4) is 5.75 Å². The van der Waals surface area contributed by atoms with Crippen molar-refractivity contribution in [1.29, 1.82) is 0 Å². The van der Waals surface area contributed by atoms with Gasteiger partial charge in [-0.15, -0.1) is 0 Å². The van der Waals surface area contributed by atoms with Gasteiger partial charge in [0.05, 0.1) is 11.7 Å². The van der Waals surface area contributed by atoms with E-state index in [9.17, 15) is 5.11 Å². The Bertz CT molecular complexity index is 361. The lowest BCUT2D eigenvalue weighted by molar-refractivity contribution is 0.0554. The van der Waals surface area contributed by atoms with Crippen molar-refractivity contribution in [2.45, 2.75) is 52.4 Å². The molecule has 1 aromatic rings. The van der Waals surface area contributed by atoms with Crippen molar-refractivity contribution in [1.82, 2.24) is 5.32 Å². The van der Waals surface area contributed by atoms with Crippen molar-refractivity contribution in [3.05, 3.63) is 29.8 Å². The number of hydrogen-bond donors (Lipinski definition) is 2. The summed E-state index contributed by atoms with van der Waals surface area (Å²) < 4.78 is 5.75. The van der Waals surface area contributed by atoms with Crippen molar-refractivity contribution in [2.75, 3.05) is 6.54 Å². The second-order valence-corrected chi connectivity index (χ2v) is 5.23. The number of nitrogens with one attached hydrogen (secondary N) is 1. The minimum atomic E-state index is -0.645. The maximum Gasteiger partial charge on any atom is 0.124 e. The molecule has 18 heavy (non-hydrogen) atoms. The first kappa shape index (κ1) is 15.0. The van der Waals surface area contributed by atoms with Crippen LogP contribution in [0.15, 0.2) is 24.3 Å². The zero-order valence-corrected chi connectivity index (χ0v) is 11.9. The zero-order chi connectivity index (χ0) is 13.6. The average Bonchev–Trinajstić information content (AvgIpc) is 2.30. The molecule has 0 aliphatic heterocycles. The first-order valence-corrected chi connectivity index (χ1v) is 6.62. The highest BCUT2D eigenvalue weighted by atomic mass is 16.5. The molecule has 3 nitrogen and oxygen atoms in total. The van der Waals surface area contributed by atoms with Crippen LogP contribution in [0.1, 0.15) is 39.7 Å². The Morgan fingerprint density at radius 1 is 1.33 bits per heavy atom. The lowest BCUT2D eigenvalue weighted by atomic mass is 10.0. The lowest BCUT2D eigenvalue weighted by Gasteiger charge is -2.22. The topological polar surface area (TPSA) is 41.5 Å². The van der Waals surface area contributed by atoms with E-state index in [0.29, 0.717) is 13.1 Å². The van der Waals surface area contributed by atoms with E-state index in [1.165, 1.54) is 0 Å². The van der Waals surface area contributed by atoms with Gasteiger partial charge >= 0.3 is 0 Å². The largest absolute Gasteiger partial charge is 0.491 e. The number of hydrogen-bond acceptors (Lipinski definition) is 3. The van der Waals surface area contributed by atoms with Crippen LogP contribution in [0.5, 0.6) is 5.75 Å². The van der Waals surface area contributed by atoms with Gasteiger partial charge in [-0.25, -0.2) is 0 Å². The quantitative estimate of drug-likeness (QED) is 0.783. The molecule has 1 aromatic carbocycles. The molecule has 102 valence electrons. The summed E-state index contributed by atoms with van der Waals surface area (Å²) in [5.41, 5.74) is 0.478. The molecular weight excluding hydrogens is 226 g/mol. The van der Waals surface area contributed by atoms with Crippen LogP contribution in [0, 0.1) is 0 Å². The number of para-hydroxylation sites is 1. The van der Waals surface area contributed by atoms with Gasteiger partial charge in [-0.1, -0.05) is 25.1 Å². The predicted molar refractivity (Wildman–Crippen MR) is 74.8 cm³/mol. The molecule has 2 N–H and O–H groups in total. The molecule has 0 saturated heterocycles. The molecule has 3 heteroatoms. The van der Waals surface area contributed by atoms with E-state index < -0.39 is 5.60 Å². The molecule has 0 fully saturated rings. The highest BCUT2D eigenvalue weighted by molar-refractivity contribution is 5.33. The number of aliphatic hydroxyl groups is 1. The van der Waals surface area contributed by atoms with Gasteiger partial charge in [-0.2, -0.15) is 0 Å². The second kappa shape index (κ2) is 6.76. The maximum atomic E-state index is 9.92. The highest BCUT2D eigenvalue weighted by Crippen LogP contribution is 2.19. The van der Waals surface area contributed by atoms with Crippen LogP contribution in [-0.4, -0.2) is 23.4 Å². The normalized spacial score (nSPS) is 14.6. The third kappa shape index (κ3) is 5.07. The Kier molecular flexibility index (Phi) is 5.63. The minimum Gasteiger partial charge on any atom is -0.491 e. The van der Waals surface area contributed by atoms with Crippen molar-refractivity contribution in [3.63, 3.8) is 0 Å². The molecule has 0 aliphatic rings. The zero-order valence-electron chi connectivity index (χ0n) is 11.9. The fourth-order valence-electron chi connectivity index (χ4n) is 1.61. The van der Waals surface area contributed by atoms with Gasteiger partial charge in [-0.3, -0.25) is 0 Å². The molecular formula is C15H25NO2. The van der Waals surface area contributed by atoms with Crippen molar-refractivity contribution < 1.29 is 9.84 Å². The Balaban J connectivity index is 2.56. The SMILES string of the molecule is CCC(C)(O)CNCc1ccccc1OC(C)C. The third-order valence-corrected chi connectivity index (χ3v) is 2.92. The Labute approximate surface area is 110 Å². The fourth-order valence-corrected chi connectivity index (χ4v) is 1.61. The maximum absolute atomic E-state index is 9.92. The van der Waals surface area contributed by atoms with Gasteiger partial charge < -0.3 is 15.2 Å². The van der Waals surface area contributed by atoms with E-state index in [2.05, 4.69) is 5.32 Å². The molecule has 1 rings (SSSR count). The van der Waals surface area contributed by atoms with Gasteiger partial charge in [0.2, 0.25) is 0 Å². The van der Waals surface area contributed by atoms with Crippen LogP contribution in [0.4, 0.5) is 0 Å². The van der Waals surface area contributed by atoms with Crippen LogP contribution in [-0.2, 0) is 6.54 Å². The summed E-state index contributed by atoms with van der Waals surface area (Å²) in [6.45, 7) is 9.16. The fraction of sp³-hybridized carbons (Fsp3) is 0.600. The molecule has 1 atom stereocenters. The van der Waals surface area contributed by atoms with Gasteiger partial charge in [0.15, 0.2) is 0 Å². The second-order valence-electron chi connectivity index (χ2n) is 5.23. The molecule has 0 bridgehead atoms. The van der Waals surface area contributed by atoms with Gasteiger partial charge in [-0.05, 0) is 33.3 Å². The van der Waals surface area contributed by atoms with Crippen molar-refractivity contribution in [2.24, 2.45) is 0 Å². The van der Waals surface area contributed by atoms with Gasteiger partial charge in [0, 0.05) is 18.7 Å². The smallest absolute Gasteiger partial charge is 0.124 e. The molecule has 0 radical (unpaired) electrons. The first-order valence-electron chi connectivity index (χ1n) is 6.62. The molecule has 0 saturated carbocycles. The molecule has 0 aliphatic carbocycles. The van der Waals surface area contributed by atoms with E-state index in [4.69, 9.17) is 4.74 Å². The first-order chi connectivity index (χ1) is 8.44. The summed E-state index contributed by atoms with van der Waals surface area (Å²) in [5.74, 6) is 0.913. The average molecular weight is 251 g/mol. The Morgan fingerprint density at radius 2 is 2.00 bits per heavy atom. The predicted octanol–water partition coefficient (Wildman–Crippen LogP) is 2.72. The van der Waals surface area contributed by atoms with E-state index in [1.54, 1.807) is 0 Å². The summed E-state index contributed by atoms with van der Waals surface area (Å²) in [6.07, 6.45) is 0.911. The highest BCUT2D eigenvalue weighted by Gasteiger charge is 2.16. The van der Waals surface area contributed by atoms with Gasteiger partial charge in [0.1, 0.15) is 5.75 Å². The summed E-state index contributed by atoms with van der Waals surface area (Å²) in [4.78, 5) is 0. The molecule has 0 aromatic heterocycles. The van der Waals surface area contributed by atoms with E-state index in [1.807, 2.05) is 52.0 Å². The van der Waals surface area contributed by atoms with Gasteiger partial charge in [0.25, 0.3) is 0 Å². The Morgan fingerprint density at radius 3 is 2.61 bits per heavy atom. The minimum absolute atomic E-state index is 0.171. The number of ether oxygens (including phenoxy) is 1. The van der Waals surface area contributed by atoms with E-state index in [0.717, 1.165) is 17.7 Å². The summed E-state index contributed by atoms with van der Waals surface area (Å²) >= 11 is 0. The van der Waals surface area contributed by atoms with Crippen LogP contribution >= 0.6 is 0 Å². The van der Waals surface area contributed by atoms with Crippen LogP contribution in [0.3, 0.4) is 0 Å². The van der Waals surface area contributed by atoms with Crippen LogP contribution < -0.4 is 10.1 Å². The molecule has 1 unspecified atom stereocenters. The van der Waals surface area contributed by atoms with E-state index >= 15 is 0 Å². The number of rotatable bonds is 7. The third-order valence-electron chi connectivity index (χ3n) is 2.92.